The van der Waals surface area contributed by atoms with Crippen LogP contribution in [0.25, 0.3) is 0 Å². The summed E-state index contributed by atoms with van der Waals surface area (Å²) in [4.78, 5) is 46.5. The molecule has 158 valence electrons. The number of nitrogens with zero attached hydrogens (tertiary/aromatic N) is 1. The second-order valence-corrected chi connectivity index (χ2v) is 6.41. The van der Waals surface area contributed by atoms with Gasteiger partial charge in [-0.3, -0.25) is 19.2 Å². The monoisotopic (exact) mass is 410 g/mol. The third-order valence-electron chi connectivity index (χ3n) is 4.00. The predicted octanol–water partition coefficient (Wildman–Crippen LogP) is 0.230. The summed E-state index contributed by atoms with van der Waals surface area (Å²) in [5, 5.41) is 0. The van der Waals surface area contributed by atoms with Crippen LogP contribution in [0.4, 0.5) is 0 Å². The van der Waals surface area contributed by atoms with Crippen molar-refractivity contribution < 1.29 is 47.4 Å². The fourth-order valence-electron chi connectivity index (χ4n) is 3.03. The van der Waals surface area contributed by atoms with E-state index in [9.17, 15) is 19.2 Å². The zero-order valence-corrected chi connectivity index (χ0v) is 16.6. The van der Waals surface area contributed by atoms with E-state index in [1.807, 2.05) is 0 Å². The van der Waals surface area contributed by atoms with Gasteiger partial charge in [-0.25, -0.2) is 0 Å². The maximum absolute atomic E-state index is 11.8. The van der Waals surface area contributed by atoms with E-state index in [4.69, 9.17) is 23.7 Å². The fraction of sp³-hybridized carbons (Fsp3) is 0.526. The molecule has 0 N–H and O–H groups in total. The van der Waals surface area contributed by atoms with Gasteiger partial charge in [-0.2, -0.15) is 4.57 Å². The number of hydrogen-bond acceptors (Lipinski definition) is 9. The first-order valence-corrected chi connectivity index (χ1v) is 8.95. The van der Waals surface area contributed by atoms with Crippen molar-refractivity contribution in [2.24, 2.45) is 0 Å². The molecule has 0 spiro atoms. The highest BCUT2D eigenvalue weighted by atomic mass is 16.7. The summed E-state index contributed by atoms with van der Waals surface area (Å²) in [5.41, 5.74) is 0. The Kier molecular flexibility index (Phi) is 7.66. The third-order valence-corrected chi connectivity index (χ3v) is 4.00. The van der Waals surface area contributed by atoms with E-state index in [1.54, 1.807) is 35.2 Å². The Hall–Kier alpha value is -3.01. The van der Waals surface area contributed by atoms with E-state index in [0.29, 0.717) is 0 Å². The van der Waals surface area contributed by atoms with Crippen molar-refractivity contribution in [2.75, 3.05) is 6.61 Å². The van der Waals surface area contributed by atoms with Gasteiger partial charge in [0.05, 0.1) is 0 Å². The molecule has 10 heteroatoms. The van der Waals surface area contributed by atoms with Crippen LogP contribution in [0.15, 0.2) is 30.6 Å². The molecule has 1 aliphatic heterocycles. The van der Waals surface area contributed by atoms with Crippen molar-refractivity contribution in [1.82, 2.24) is 0 Å². The van der Waals surface area contributed by atoms with Crippen LogP contribution in [0, 0.1) is 0 Å². The van der Waals surface area contributed by atoms with Crippen LogP contribution < -0.4 is 4.57 Å². The number of carbonyl (C=O) groups is 4. The number of pyridine rings is 1. The molecule has 1 aromatic heterocycles. The quantitative estimate of drug-likeness (QED) is 0.369. The van der Waals surface area contributed by atoms with Gasteiger partial charge in [0.2, 0.25) is 6.10 Å². The van der Waals surface area contributed by atoms with E-state index < -0.39 is 54.5 Å². The van der Waals surface area contributed by atoms with Crippen molar-refractivity contribution >= 4 is 23.9 Å². The molecule has 0 bridgehead atoms. The number of carbonyl (C=O) groups excluding carboxylic acids is 4. The van der Waals surface area contributed by atoms with Crippen molar-refractivity contribution in [1.29, 1.82) is 0 Å². The minimum atomic E-state index is -1.19. The summed E-state index contributed by atoms with van der Waals surface area (Å²) < 4.78 is 28.7. The lowest BCUT2D eigenvalue weighted by Gasteiger charge is -2.41. The average Bonchev–Trinajstić information content (AvgIpc) is 2.63. The molecule has 5 atom stereocenters. The lowest BCUT2D eigenvalue weighted by molar-refractivity contribution is -0.777. The van der Waals surface area contributed by atoms with Crippen LogP contribution in [0.1, 0.15) is 33.9 Å². The van der Waals surface area contributed by atoms with Gasteiger partial charge in [-0.1, -0.05) is 6.07 Å². The summed E-state index contributed by atoms with van der Waals surface area (Å²) in [5.74, 6) is -2.55. The summed E-state index contributed by atoms with van der Waals surface area (Å²) in [7, 11) is 0. The van der Waals surface area contributed by atoms with Gasteiger partial charge in [0, 0.05) is 39.8 Å². The molecule has 0 unspecified atom stereocenters. The maximum Gasteiger partial charge on any atom is 0.304 e. The van der Waals surface area contributed by atoms with Crippen LogP contribution in [0.3, 0.4) is 0 Å². The van der Waals surface area contributed by atoms with Crippen LogP contribution in [-0.4, -0.2) is 54.9 Å². The minimum absolute atomic E-state index is 0.262. The molecule has 29 heavy (non-hydrogen) atoms. The Morgan fingerprint density at radius 2 is 1.28 bits per heavy atom. The summed E-state index contributed by atoms with van der Waals surface area (Å²) in [6.45, 7) is 4.51. The SMILES string of the molecule is CC(=O)OC[C@H]1O[C@@H]([n+]2ccccc2)[C@H](OC(C)=O)[C@@H](OC(C)=O)[C@@H]1OC(C)=O. The molecule has 1 aliphatic rings. The smallest absolute Gasteiger partial charge is 0.304 e. The molecule has 1 saturated heterocycles. The Morgan fingerprint density at radius 1 is 0.759 bits per heavy atom. The van der Waals surface area contributed by atoms with E-state index >= 15 is 0 Å². The average molecular weight is 410 g/mol. The van der Waals surface area contributed by atoms with Gasteiger partial charge in [0.15, 0.2) is 24.6 Å². The molecule has 10 nitrogen and oxygen atoms in total. The van der Waals surface area contributed by atoms with Crippen LogP contribution in [0.5, 0.6) is 0 Å². The molecule has 0 aliphatic carbocycles. The first kappa shape index (κ1) is 22.3. The third kappa shape index (κ3) is 6.24. The molecular weight excluding hydrogens is 386 g/mol. The van der Waals surface area contributed by atoms with E-state index in [2.05, 4.69) is 0 Å². The van der Waals surface area contributed by atoms with Crippen LogP contribution in [0.2, 0.25) is 0 Å². The zero-order valence-electron chi connectivity index (χ0n) is 16.6. The lowest BCUT2D eigenvalue weighted by atomic mass is 9.97. The van der Waals surface area contributed by atoms with E-state index in [-0.39, 0.29) is 6.61 Å². The molecule has 2 heterocycles. The zero-order chi connectivity index (χ0) is 21.6. The first-order valence-electron chi connectivity index (χ1n) is 8.95. The van der Waals surface area contributed by atoms with Crippen molar-refractivity contribution in [3.63, 3.8) is 0 Å². The van der Waals surface area contributed by atoms with E-state index in [0.717, 1.165) is 0 Å². The largest absolute Gasteiger partial charge is 0.463 e. The molecule has 0 saturated carbocycles. The highest BCUT2D eigenvalue weighted by Gasteiger charge is 2.55. The minimum Gasteiger partial charge on any atom is -0.463 e. The highest BCUT2D eigenvalue weighted by molar-refractivity contribution is 5.68. The molecule has 1 fully saturated rings. The summed E-state index contributed by atoms with van der Waals surface area (Å²) in [6.07, 6.45) is -2.05. The van der Waals surface area contributed by atoms with Crippen molar-refractivity contribution in [3.05, 3.63) is 30.6 Å². The second kappa shape index (κ2) is 9.97. The number of ether oxygens (including phenoxy) is 5. The molecule has 2 rings (SSSR count). The molecule has 0 amide bonds. The first-order chi connectivity index (χ1) is 13.7. The molecule has 1 aromatic rings. The molecule has 0 radical (unpaired) electrons. The normalized spacial score (nSPS) is 26.1. The van der Waals surface area contributed by atoms with Crippen LogP contribution in [-0.2, 0) is 42.9 Å². The van der Waals surface area contributed by atoms with E-state index in [1.165, 1.54) is 27.7 Å². The number of esters is 4. The Balaban J connectivity index is 2.49. The molecular formula is C19H24NO9+. The van der Waals surface area contributed by atoms with Gasteiger partial charge in [-0.05, 0) is 0 Å². The number of hydrogen-bond donors (Lipinski definition) is 0. The van der Waals surface area contributed by atoms with Gasteiger partial charge in [0.1, 0.15) is 12.7 Å². The lowest BCUT2D eigenvalue weighted by Crippen LogP contribution is -2.65. The Labute approximate surface area is 167 Å². The summed E-state index contributed by atoms with van der Waals surface area (Å²) >= 11 is 0. The van der Waals surface area contributed by atoms with Gasteiger partial charge in [-0.15, -0.1) is 0 Å². The number of rotatable bonds is 6. The number of aromatic nitrogens is 1. The predicted molar refractivity (Wildman–Crippen MR) is 93.8 cm³/mol. The van der Waals surface area contributed by atoms with Gasteiger partial charge in [0.25, 0.3) is 0 Å². The Morgan fingerprint density at radius 3 is 1.79 bits per heavy atom. The van der Waals surface area contributed by atoms with Crippen LogP contribution >= 0.6 is 0 Å². The highest BCUT2D eigenvalue weighted by Crippen LogP contribution is 2.32. The van der Waals surface area contributed by atoms with Gasteiger partial charge >= 0.3 is 30.1 Å². The fourth-order valence-corrected chi connectivity index (χ4v) is 3.03. The second-order valence-electron chi connectivity index (χ2n) is 6.41. The topological polar surface area (TPSA) is 118 Å². The maximum atomic E-state index is 11.8. The van der Waals surface area contributed by atoms with Crippen molar-refractivity contribution in [3.8, 4) is 0 Å². The Bertz CT molecular complexity index is 751. The molecule has 0 aromatic carbocycles. The van der Waals surface area contributed by atoms with Gasteiger partial charge < -0.3 is 23.7 Å². The standard InChI is InChI=1S/C19H24NO9/c1-11(21)25-10-15-16(26-12(2)22)17(27-13(3)23)18(28-14(4)24)19(29-15)20-8-6-5-7-9-20/h5-9,15-19H,10H2,1-4H3/q+1/t15-,16-,17+,18-,19-/m1/s1. The van der Waals surface area contributed by atoms with Crippen molar-refractivity contribution in [2.45, 2.75) is 58.3 Å². The summed E-state index contributed by atoms with van der Waals surface area (Å²) in [6, 6.07) is 5.24.